The molecule has 7 rings (SSSR count). The zero-order chi connectivity index (χ0) is 24.8. The molecule has 2 atom stereocenters. The van der Waals surface area contributed by atoms with E-state index in [1.54, 1.807) is 12.3 Å². The number of morpholine rings is 1. The van der Waals surface area contributed by atoms with Gasteiger partial charge >= 0.3 is 6.18 Å². The first-order chi connectivity index (χ1) is 17.2. The fraction of sp³-hybridized carbons (Fsp3) is 0.778. The van der Waals surface area contributed by atoms with Gasteiger partial charge in [-0.1, -0.05) is 6.07 Å². The van der Waals surface area contributed by atoms with Crippen LogP contribution in [0.5, 0.6) is 0 Å². The molecule has 1 N–H and O–H groups in total. The number of hydrogen-bond donors (Lipinski definition) is 1. The molecule has 0 radical (unpaired) electrons. The lowest BCUT2D eigenvalue weighted by Gasteiger charge is -2.69. The second kappa shape index (κ2) is 7.90. The number of ether oxygens (including phenoxy) is 1. The van der Waals surface area contributed by atoms with Gasteiger partial charge in [-0.2, -0.15) is 13.2 Å². The zero-order valence-electron chi connectivity index (χ0n) is 20.7. The van der Waals surface area contributed by atoms with Gasteiger partial charge in [0.05, 0.1) is 23.5 Å². The molecule has 1 spiro atoms. The molecule has 1 aromatic rings. The van der Waals surface area contributed by atoms with E-state index in [9.17, 15) is 18.0 Å². The number of nitrogens with one attached hydrogen (secondary N) is 1. The van der Waals surface area contributed by atoms with Gasteiger partial charge in [-0.25, -0.2) is 0 Å². The second-order valence-electron chi connectivity index (χ2n) is 12.6. The van der Waals surface area contributed by atoms with Gasteiger partial charge in [-0.15, -0.1) is 0 Å². The summed E-state index contributed by atoms with van der Waals surface area (Å²) in [5.74, 6) is 0.599. The van der Waals surface area contributed by atoms with Crippen molar-refractivity contribution in [2.24, 2.45) is 11.3 Å². The van der Waals surface area contributed by atoms with Crippen molar-refractivity contribution in [1.29, 1.82) is 0 Å². The fourth-order valence-corrected chi connectivity index (χ4v) is 8.00. The molecule has 0 aromatic carbocycles. The van der Waals surface area contributed by atoms with Crippen LogP contribution in [0, 0.1) is 11.3 Å². The number of halogens is 3. The third-order valence-electron chi connectivity index (χ3n) is 10.3. The van der Waals surface area contributed by atoms with Crippen LogP contribution < -0.4 is 5.32 Å². The maximum absolute atomic E-state index is 13.4. The van der Waals surface area contributed by atoms with Gasteiger partial charge < -0.3 is 10.1 Å². The number of likely N-dealkylation sites (tertiary alicyclic amines) is 2. The minimum absolute atomic E-state index is 0. The lowest BCUT2D eigenvalue weighted by Crippen LogP contribution is -2.77. The van der Waals surface area contributed by atoms with E-state index in [1.807, 2.05) is 6.07 Å². The third-order valence-corrected chi connectivity index (χ3v) is 10.3. The van der Waals surface area contributed by atoms with Crippen molar-refractivity contribution in [2.45, 2.75) is 87.2 Å². The summed E-state index contributed by atoms with van der Waals surface area (Å²) in [7, 11) is 0. The summed E-state index contributed by atoms with van der Waals surface area (Å²) in [6, 6.07) is 3.58. The number of hydrogen-bond acceptors (Lipinski definition) is 5. The van der Waals surface area contributed by atoms with Crippen LogP contribution in [0.2, 0.25) is 0 Å². The predicted molar refractivity (Wildman–Crippen MR) is 128 cm³/mol. The topological polar surface area (TPSA) is 57.7 Å². The number of aromatic nitrogens is 1. The van der Waals surface area contributed by atoms with Gasteiger partial charge in [0.2, 0.25) is 5.91 Å². The van der Waals surface area contributed by atoms with Crippen LogP contribution >= 0.6 is 0 Å². The van der Waals surface area contributed by atoms with E-state index in [-0.39, 0.29) is 50.3 Å². The van der Waals surface area contributed by atoms with Crippen LogP contribution in [0.25, 0.3) is 0 Å². The SMILES string of the molecule is O=C1CO[C@H]2CCN(C3(N4CC5(CC(Cc6ccc(C7(C(F)(F)F)CC7)nc6)C5)C4)CCC3)C[C@H]2N1.[HH]. The quantitative estimate of drug-likeness (QED) is 0.661. The molecule has 36 heavy (non-hydrogen) atoms. The van der Waals surface area contributed by atoms with Gasteiger partial charge in [0.15, 0.2) is 0 Å². The van der Waals surface area contributed by atoms with Crippen LogP contribution in [0.1, 0.15) is 64.1 Å². The van der Waals surface area contributed by atoms with Gasteiger partial charge in [0, 0.05) is 33.8 Å². The summed E-state index contributed by atoms with van der Waals surface area (Å²) < 4.78 is 45.9. The van der Waals surface area contributed by atoms with Crippen molar-refractivity contribution in [3.63, 3.8) is 0 Å². The third kappa shape index (κ3) is 3.56. The van der Waals surface area contributed by atoms with E-state index in [0.717, 1.165) is 44.6 Å². The highest BCUT2D eigenvalue weighted by Gasteiger charge is 2.65. The van der Waals surface area contributed by atoms with Crippen LogP contribution in [-0.2, 0) is 21.4 Å². The molecule has 3 saturated heterocycles. The van der Waals surface area contributed by atoms with E-state index >= 15 is 0 Å². The summed E-state index contributed by atoms with van der Waals surface area (Å²) in [6.07, 6.45) is 5.90. The molecule has 4 heterocycles. The average molecular weight is 507 g/mol. The largest absolute Gasteiger partial charge is 0.399 e. The first kappa shape index (κ1) is 23.4. The Morgan fingerprint density at radius 1 is 1.14 bits per heavy atom. The molecular formula is C27H37F3N4O2. The van der Waals surface area contributed by atoms with Crippen molar-refractivity contribution in [3.8, 4) is 0 Å². The summed E-state index contributed by atoms with van der Waals surface area (Å²) in [4.78, 5) is 21.4. The Morgan fingerprint density at radius 3 is 2.53 bits per heavy atom. The minimum Gasteiger partial charge on any atom is -0.366 e. The number of nitrogens with zero attached hydrogens (tertiary/aromatic N) is 3. The molecule has 3 saturated carbocycles. The number of piperidine rings is 1. The molecule has 0 unspecified atom stereocenters. The highest BCUT2D eigenvalue weighted by molar-refractivity contribution is 5.78. The summed E-state index contributed by atoms with van der Waals surface area (Å²) in [5, 5.41) is 3.15. The summed E-state index contributed by atoms with van der Waals surface area (Å²) in [6.45, 7) is 4.38. The first-order valence-electron chi connectivity index (χ1n) is 13.6. The Balaban J connectivity index is 0.00000252. The zero-order valence-corrected chi connectivity index (χ0v) is 20.7. The molecule has 6 aliphatic rings. The molecule has 1 aromatic heterocycles. The lowest BCUT2D eigenvalue weighted by atomic mass is 9.55. The Labute approximate surface area is 211 Å². The molecular weight excluding hydrogens is 469 g/mol. The summed E-state index contributed by atoms with van der Waals surface area (Å²) >= 11 is 0. The van der Waals surface area contributed by atoms with Crippen molar-refractivity contribution in [3.05, 3.63) is 29.6 Å². The van der Waals surface area contributed by atoms with Crippen molar-refractivity contribution in [1.82, 2.24) is 20.1 Å². The highest BCUT2D eigenvalue weighted by atomic mass is 19.4. The monoisotopic (exact) mass is 506 g/mol. The number of carbonyl (C=O) groups is 1. The van der Waals surface area contributed by atoms with E-state index in [4.69, 9.17) is 4.74 Å². The molecule has 0 bridgehead atoms. The predicted octanol–water partition coefficient (Wildman–Crippen LogP) is 3.65. The minimum atomic E-state index is -4.20. The first-order valence-corrected chi connectivity index (χ1v) is 13.6. The van der Waals surface area contributed by atoms with Crippen LogP contribution in [0.3, 0.4) is 0 Å². The van der Waals surface area contributed by atoms with Gasteiger partial charge in [0.25, 0.3) is 0 Å². The van der Waals surface area contributed by atoms with E-state index in [2.05, 4.69) is 20.1 Å². The van der Waals surface area contributed by atoms with Gasteiger partial charge in [-0.05, 0) is 80.8 Å². The fourth-order valence-electron chi connectivity index (χ4n) is 8.00. The van der Waals surface area contributed by atoms with E-state index in [1.165, 1.54) is 32.1 Å². The van der Waals surface area contributed by atoms with Crippen molar-refractivity contribution < 1.29 is 24.1 Å². The average Bonchev–Trinajstić information content (AvgIpc) is 3.57. The van der Waals surface area contributed by atoms with Crippen molar-refractivity contribution in [2.75, 3.05) is 32.8 Å². The number of fused-ring (bicyclic) bond motifs is 1. The van der Waals surface area contributed by atoms with Crippen LogP contribution in [-0.4, -0.2) is 77.5 Å². The molecule has 6 fully saturated rings. The molecule has 9 heteroatoms. The Bertz CT molecular complexity index is 1030. The maximum atomic E-state index is 13.4. The molecule has 198 valence electrons. The van der Waals surface area contributed by atoms with Crippen LogP contribution in [0.4, 0.5) is 13.2 Å². The van der Waals surface area contributed by atoms with E-state index < -0.39 is 11.6 Å². The Morgan fingerprint density at radius 2 is 1.92 bits per heavy atom. The Kier molecular flexibility index (Phi) is 5.14. The normalized spacial score (nSPS) is 33.1. The van der Waals surface area contributed by atoms with Crippen molar-refractivity contribution >= 4 is 5.91 Å². The number of rotatable bonds is 5. The van der Waals surface area contributed by atoms with E-state index in [0.29, 0.717) is 11.3 Å². The smallest absolute Gasteiger partial charge is 0.366 e. The molecule has 6 nitrogen and oxygen atoms in total. The number of amides is 1. The van der Waals surface area contributed by atoms with Crippen LogP contribution in [0.15, 0.2) is 18.3 Å². The summed E-state index contributed by atoms with van der Waals surface area (Å²) in [5.41, 5.74) is 0.121. The number of carbonyl (C=O) groups excluding carboxylic acids is 1. The second-order valence-corrected chi connectivity index (χ2v) is 12.6. The number of alkyl halides is 3. The highest BCUT2D eigenvalue weighted by Crippen LogP contribution is 2.59. The molecule has 3 aliphatic heterocycles. The maximum Gasteiger partial charge on any atom is 0.399 e. The Hall–Kier alpha value is -1.71. The molecule has 3 aliphatic carbocycles. The van der Waals surface area contributed by atoms with Gasteiger partial charge in [0.1, 0.15) is 12.0 Å². The molecule has 1 amide bonds. The van der Waals surface area contributed by atoms with Gasteiger partial charge in [-0.3, -0.25) is 19.6 Å². The lowest BCUT2D eigenvalue weighted by molar-refractivity contribution is -0.225. The standard InChI is InChI=1S/C27H35F3N4O2.H2/c28-27(29,30)25(7-8-25)22-3-2-18(13-31-22)10-19-11-24(12-19)16-34(17-24)26(5-1-6-26)33-9-4-21-20(14-33)32-23(35)15-36-21;/h2-3,13,19-21H,1,4-12,14-17H2,(H,32,35);1H/t20-,21+;/m1./s1. The number of pyridine rings is 1.